The fourth-order valence-corrected chi connectivity index (χ4v) is 3.96. The molecular weight excluding hydrogens is 328 g/mol. The summed E-state index contributed by atoms with van der Waals surface area (Å²) in [5.74, 6) is 0.916. The lowest BCUT2D eigenvalue weighted by atomic mass is 10.0. The van der Waals surface area contributed by atoms with E-state index >= 15 is 0 Å². The predicted molar refractivity (Wildman–Crippen MR) is 111 cm³/mol. The second-order valence-corrected chi connectivity index (χ2v) is 8.36. The summed E-state index contributed by atoms with van der Waals surface area (Å²) in [6.07, 6.45) is 2.31. The van der Waals surface area contributed by atoms with Gasteiger partial charge in [0.05, 0.1) is 0 Å². The lowest BCUT2D eigenvalue weighted by Gasteiger charge is -2.33. The summed E-state index contributed by atoms with van der Waals surface area (Å²) in [5, 5.41) is 7.53. The predicted octanol–water partition coefficient (Wildman–Crippen LogP) is 3.37. The number of guanidine groups is 1. The van der Waals surface area contributed by atoms with Crippen molar-refractivity contribution in [2.45, 2.75) is 42.9 Å². The van der Waals surface area contributed by atoms with Gasteiger partial charge in [-0.2, -0.15) is 0 Å². The summed E-state index contributed by atoms with van der Waals surface area (Å²) < 4.78 is 0. The first-order valence-corrected chi connectivity index (χ1v) is 10.0. The topological polar surface area (TPSA) is 39.7 Å². The van der Waals surface area contributed by atoms with E-state index in [0.29, 0.717) is 11.3 Å². The first kappa shape index (κ1) is 19.9. The Bertz CT molecular complexity index is 550. The highest BCUT2D eigenvalue weighted by molar-refractivity contribution is 8.00. The van der Waals surface area contributed by atoms with Crippen molar-refractivity contribution >= 4 is 17.7 Å². The number of nitrogens with one attached hydrogen (secondary N) is 2. The maximum absolute atomic E-state index is 4.39. The molecule has 2 N–H and O–H groups in total. The van der Waals surface area contributed by atoms with Crippen LogP contribution in [0.25, 0.3) is 0 Å². The van der Waals surface area contributed by atoms with Crippen molar-refractivity contribution in [2.75, 3.05) is 33.2 Å². The maximum atomic E-state index is 4.39. The Morgan fingerprint density at radius 1 is 1.32 bits per heavy atom. The third kappa shape index (κ3) is 7.53. The van der Waals surface area contributed by atoms with E-state index in [2.05, 4.69) is 71.3 Å². The molecule has 0 saturated carbocycles. The highest BCUT2D eigenvalue weighted by Crippen LogP contribution is 2.21. The molecule has 5 heteroatoms. The second-order valence-electron chi connectivity index (χ2n) is 6.85. The van der Waals surface area contributed by atoms with Gasteiger partial charge in [0.2, 0.25) is 0 Å². The lowest BCUT2D eigenvalue weighted by molar-refractivity contribution is 0.221. The molecule has 0 aliphatic carbocycles. The second kappa shape index (κ2) is 10.5. The first-order chi connectivity index (χ1) is 12.1. The van der Waals surface area contributed by atoms with Gasteiger partial charge >= 0.3 is 0 Å². The Kier molecular flexibility index (Phi) is 8.35. The number of rotatable bonds is 7. The lowest BCUT2D eigenvalue weighted by Crippen LogP contribution is -2.49. The molecule has 1 atom stereocenters. The van der Waals surface area contributed by atoms with Gasteiger partial charge < -0.3 is 10.6 Å². The monoisotopic (exact) mass is 360 g/mol. The standard InChI is InChI=1S/C20H32N4S/c1-16(2)15-24-12-10-18(11-13-24)23-20(21-4)22-14-17(3)25-19-8-6-5-7-9-19/h5-9,17-18H,1,10-15H2,2-4H3,(H2,21,22,23). The normalized spacial score (nSPS) is 18.0. The van der Waals surface area contributed by atoms with Gasteiger partial charge in [0.25, 0.3) is 0 Å². The number of hydrogen-bond acceptors (Lipinski definition) is 3. The zero-order valence-electron chi connectivity index (χ0n) is 15.8. The minimum atomic E-state index is 0.485. The molecule has 1 heterocycles. The van der Waals surface area contributed by atoms with E-state index in [1.165, 1.54) is 10.5 Å². The van der Waals surface area contributed by atoms with Crippen LogP contribution in [0.4, 0.5) is 0 Å². The zero-order valence-corrected chi connectivity index (χ0v) is 16.6. The van der Waals surface area contributed by atoms with E-state index in [0.717, 1.165) is 45.0 Å². The number of benzene rings is 1. The summed E-state index contributed by atoms with van der Waals surface area (Å²) in [6.45, 7) is 12.5. The van der Waals surface area contributed by atoms with Crippen LogP contribution in [0.5, 0.6) is 0 Å². The van der Waals surface area contributed by atoms with Gasteiger partial charge in [-0.15, -0.1) is 11.8 Å². The van der Waals surface area contributed by atoms with Crippen molar-refractivity contribution in [3.8, 4) is 0 Å². The van der Waals surface area contributed by atoms with Crippen LogP contribution in [-0.2, 0) is 0 Å². The van der Waals surface area contributed by atoms with E-state index in [4.69, 9.17) is 0 Å². The molecule has 0 radical (unpaired) electrons. The molecule has 1 aliphatic rings. The molecule has 1 aromatic rings. The Hall–Kier alpha value is -1.46. The SMILES string of the molecule is C=C(C)CN1CCC(NC(=NC)NCC(C)Sc2ccccc2)CC1. The number of nitrogens with zero attached hydrogens (tertiary/aromatic N) is 2. The van der Waals surface area contributed by atoms with Crippen LogP contribution >= 0.6 is 11.8 Å². The number of hydrogen-bond donors (Lipinski definition) is 2. The van der Waals surface area contributed by atoms with E-state index < -0.39 is 0 Å². The van der Waals surface area contributed by atoms with Crippen molar-refractivity contribution in [3.05, 3.63) is 42.5 Å². The van der Waals surface area contributed by atoms with Crippen molar-refractivity contribution < 1.29 is 0 Å². The molecule has 0 spiro atoms. The van der Waals surface area contributed by atoms with Gasteiger partial charge in [-0.3, -0.25) is 9.89 Å². The average Bonchev–Trinajstić information content (AvgIpc) is 2.60. The Morgan fingerprint density at radius 2 is 2.00 bits per heavy atom. The molecular formula is C20H32N4S. The number of thioether (sulfide) groups is 1. The molecule has 4 nitrogen and oxygen atoms in total. The van der Waals surface area contributed by atoms with Crippen LogP contribution in [0, 0.1) is 0 Å². The van der Waals surface area contributed by atoms with Gasteiger partial charge in [-0.1, -0.05) is 37.3 Å². The summed E-state index contributed by atoms with van der Waals surface area (Å²) in [4.78, 5) is 8.18. The van der Waals surface area contributed by atoms with Gasteiger partial charge in [0.15, 0.2) is 5.96 Å². The highest BCUT2D eigenvalue weighted by atomic mass is 32.2. The molecule has 1 aliphatic heterocycles. The summed E-state index contributed by atoms with van der Waals surface area (Å²) in [6, 6.07) is 11.1. The molecule has 2 rings (SSSR count). The smallest absolute Gasteiger partial charge is 0.191 e. The average molecular weight is 361 g/mol. The third-order valence-electron chi connectivity index (χ3n) is 4.28. The first-order valence-electron chi connectivity index (χ1n) is 9.12. The number of likely N-dealkylation sites (tertiary alicyclic amines) is 1. The Labute approximate surface area is 157 Å². The van der Waals surface area contributed by atoms with Gasteiger partial charge in [0.1, 0.15) is 0 Å². The molecule has 25 heavy (non-hydrogen) atoms. The number of aliphatic imine (C=N–C) groups is 1. The minimum absolute atomic E-state index is 0.485. The molecule has 1 fully saturated rings. The van der Waals surface area contributed by atoms with Gasteiger partial charge in [0, 0.05) is 49.4 Å². The van der Waals surface area contributed by atoms with Crippen LogP contribution < -0.4 is 10.6 Å². The Morgan fingerprint density at radius 3 is 2.60 bits per heavy atom. The van der Waals surface area contributed by atoms with Crippen molar-refractivity contribution in [1.29, 1.82) is 0 Å². The Balaban J connectivity index is 1.69. The maximum Gasteiger partial charge on any atom is 0.191 e. The van der Waals surface area contributed by atoms with Gasteiger partial charge in [-0.25, -0.2) is 0 Å². The van der Waals surface area contributed by atoms with E-state index in [1.807, 2.05) is 18.8 Å². The molecule has 0 bridgehead atoms. The largest absolute Gasteiger partial charge is 0.355 e. The van der Waals surface area contributed by atoms with Gasteiger partial charge in [-0.05, 0) is 31.9 Å². The molecule has 1 saturated heterocycles. The van der Waals surface area contributed by atoms with E-state index in [-0.39, 0.29) is 0 Å². The van der Waals surface area contributed by atoms with Crippen LogP contribution in [0.2, 0.25) is 0 Å². The van der Waals surface area contributed by atoms with E-state index in [1.54, 1.807) is 0 Å². The molecule has 138 valence electrons. The molecule has 1 aromatic carbocycles. The van der Waals surface area contributed by atoms with E-state index in [9.17, 15) is 0 Å². The summed E-state index contributed by atoms with van der Waals surface area (Å²) >= 11 is 1.89. The highest BCUT2D eigenvalue weighted by Gasteiger charge is 2.19. The summed E-state index contributed by atoms with van der Waals surface area (Å²) in [7, 11) is 1.85. The fraction of sp³-hybridized carbons (Fsp3) is 0.550. The van der Waals surface area contributed by atoms with Crippen LogP contribution in [-0.4, -0.2) is 55.4 Å². The van der Waals surface area contributed by atoms with Crippen molar-refractivity contribution in [3.63, 3.8) is 0 Å². The minimum Gasteiger partial charge on any atom is -0.355 e. The summed E-state index contributed by atoms with van der Waals surface area (Å²) in [5.41, 5.74) is 1.24. The number of piperidine rings is 1. The molecule has 0 amide bonds. The molecule has 1 unspecified atom stereocenters. The van der Waals surface area contributed by atoms with Crippen LogP contribution in [0.15, 0.2) is 52.4 Å². The quantitative estimate of drug-likeness (QED) is 0.338. The van der Waals surface area contributed by atoms with Crippen LogP contribution in [0.1, 0.15) is 26.7 Å². The molecule has 0 aromatic heterocycles. The van der Waals surface area contributed by atoms with Crippen molar-refractivity contribution in [2.24, 2.45) is 4.99 Å². The van der Waals surface area contributed by atoms with Crippen LogP contribution in [0.3, 0.4) is 0 Å². The fourth-order valence-electron chi connectivity index (χ4n) is 3.02. The van der Waals surface area contributed by atoms with Crippen molar-refractivity contribution in [1.82, 2.24) is 15.5 Å². The zero-order chi connectivity index (χ0) is 18.1. The third-order valence-corrected chi connectivity index (χ3v) is 5.40.